The standard InChI is InChI=1S/C21H22N8OS/c1-13-8-10-15(11-9-13)29-14(2)27-28-21(29)31-12-18-24-19(22)26-20(25-18)23-16-6-4-5-7-17(16)30-3/h4-11H,12H2,1-3H3,(H3,22,23,24,25,26). The molecule has 0 atom stereocenters. The van der Waals surface area contributed by atoms with E-state index in [1.54, 1.807) is 7.11 Å². The first kappa shape index (κ1) is 20.6. The predicted molar refractivity (Wildman–Crippen MR) is 121 cm³/mol. The molecule has 31 heavy (non-hydrogen) atoms. The second-order valence-corrected chi connectivity index (χ2v) is 7.69. The quantitative estimate of drug-likeness (QED) is 0.420. The lowest BCUT2D eigenvalue weighted by molar-refractivity contribution is 0.417. The van der Waals surface area contributed by atoms with Crippen LogP contribution in [0.5, 0.6) is 5.75 Å². The Bertz CT molecular complexity index is 1190. The maximum atomic E-state index is 5.92. The molecule has 0 saturated heterocycles. The number of nitrogens with one attached hydrogen (secondary N) is 1. The maximum absolute atomic E-state index is 5.92. The van der Waals surface area contributed by atoms with Gasteiger partial charge < -0.3 is 15.8 Å². The summed E-state index contributed by atoms with van der Waals surface area (Å²) < 4.78 is 7.36. The van der Waals surface area contributed by atoms with E-state index in [9.17, 15) is 0 Å². The molecule has 158 valence electrons. The molecule has 2 aromatic carbocycles. The second-order valence-electron chi connectivity index (χ2n) is 6.75. The minimum atomic E-state index is 0.138. The minimum Gasteiger partial charge on any atom is -0.495 e. The van der Waals surface area contributed by atoms with Crippen molar-refractivity contribution in [3.05, 3.63) is 65.7 Å². The van der Waals surface area contributed by atoms with E-state index in [0.29, 0.717) is 23.3 Å². The monoisotopic (exact) mass is 434 g/mol. The predicted octanol–water partition coefficient (Wildman–Crippen LogP) is 3.70. The molecule has 0 spiro atoms. The maximum Gasteiger partial charge on any atom is 0.232 e. The molecule has 0 amide bonds. The smallest absolute Gasteiger partial charge is 0.232 e. The molecule has 0 fully saturated rings. The van der Waals surface area contributed by atoms with Gasteiger partial charge in [-0.3, -0.25) is 4.57 Å². The molecule has 0 aliphatic rings. The molecule has 2 heterocycles. The summed E-state index contributed by atoms with van der Waals surface area (Å²) in [6.45, 7) is 3.98. The molecule has 10 heteroatoms. The van der Waals surface area contributed by atoms with Gasteiger partial charge in [0.25, 0.3) is 0 Å². The van der Waals surface area contributed by atoms with Crippen molar-refractivity contribution < 1.29 is 4.74 Å². The number of aryl methyl sites for hydroxylation is 2. The molecule has 0 aliphatic heterocycles. The molecule has 4 rings (SSSR count). The number of anilines is 3. The molecule has 0 unspecified atom stereocenters. The lowest BCUT2D eigenvalue weighted by Crippen LogP contribution is -2.07. The van der Waals surface area contributed by atoms with Crippen molar-refractivity contribution in [2.24, 2.45) is 0 Å². The number of para-hydroxylation sites is 2. The Morgan fingerprint density at radius 1 is 1.00 bits per heavy atom. The van der Waals surface area contributed by atoms with Gasteiger partial charge in [0.05, 0.1) is 18.6 Å². The van der Waals surface area contributed by atoms with E-state index in [1.165, 1.54) is 17.3 Å². The van der Waals surface area contributed by atoms with Gasteiger partial charge in [-0.25, -0.2) is 0 Å². The molecule has 9 nitrogen and oxygen atoms in total. The van der Waals surface area contributed by atoms with Gasteiger partial charge in [-0.05, 0) is 38.1 Å². The largest absolute Gasteiger partial charge is 0.495 e. The van der Waals surface area contributed by atoms with Crippen molar-refractivity contribution in [3.63, 3.8) is 0 Å². The van der Waals surface area contributed by atoms with Crippen LogP contribution in [0.3, 0.4) is 0 Å². The number of hydrogen-bond donors (Lipinski definition) is 2. The lowest BCUT2D eigenvalue weighted by atomic mass is 10.2. The van der Waals surface area contributed by atoms with Gasteiger partial charge in [0.15, 0.2) is 5.16 Å². The van der Waals surface area contributed by atoms with Crippen LogP contribution in [0.25, 0.3) is 5.69 Å². The highest BCUT2D eigenvalue weighted by Gasteiger charge is 2.14. The first-order chi connectivity index (χ1) is 15.0. The van der Waals surface area contributed by atoms with Crippen LogP contribution in [0.1, 0.15) is 17.2 Å². The molecule has 0 radical (unpaired) electrons. The first-order valence-corrected chi connectivity index (χ1v) is 10.5. The third-order valence-electron chi connectivity index (χ3n) is 4.47. The van der Waals surface area contributed by atoms with Gasteiger partial charge in [-0.1, -0.05) is 41.6 Å². The molecule has 0 saturated carbocycles. The molecule has 3 N–H and O–H groups in total. The average Bonchev–Trinajstić information content (AvgIpc) is 3.13. The first-order valence-electron chi connectivity index (χ1n) is 9.56. The number of hydrogen-bond acceptors (Lipinski definition) is 9. The molecular formula is C21H22N8OS. The fourth-order valence-corrected chi connectivity index (χ4v) is 3.84. The van der Waals surface area contributed by atoms with Gasteiger partial charge in [0.1, 0.15) is 17.4 Å². The number of nitrogens with two attached hydrogens (primary N) is 1. The Morgan fingerprint density at radius 3 is 2.55 bits per heavy atom. The number of ether oxygens (including phenoxy) is 1. The van der Waals surface area contributed by atoms with Crippen LogP contribution in [-0.4, -0.2) is 36.8 Å². The van der Waals surface area contributed by atoms with Crippen LogP contribution in [0.4, 0.5) is 17.6 Å². The highest BCUT2D eigenvalue weighted by atomic mass is 32.2. The summed E-state index contributed by atoms with van der Waals surface area (Å²) in [7, 11) is 1.61. The lowest BCUT2D eigenvalue weighted by Gasteiger charge is -2.11. The number of thioether (sulfide) groups is 1. The summed E-state index contributed by atoms with van der Waals surface area (Å²) in [5.41, 5.74) is 8.85. The summed E-state index contributed by atoms with van der Waals surface area (Å²) in [4.78, 5) is 12.9. The van der Waals surface area contributed by atoms with E-state index in [2.05, 4.69) is 49.5 Å². The van der Waals surface area contributed by atoms with E-state index >= 15 is 0 Å². The zero-order valence-corrected chi connectivity index (χ0v) is 18.2. The van der Waals surface area contributed by atoms with Crippen LogP contribution in [0.15, 0.2) is 53.7 Å². The zero-order chi connectivity index (χ0) is 21.8. The Balaban J connectivity index is 1.54. The number of nitrogen functional groups attached to an aromatic ring is 1. The molecule has 0 bridgehead atoms. The Labute approximate surface area is 184 Å². The number of nitrogens with zero attached hydrogens (tertiary/aromatic N) is 6. The van der Waals surface area contributed by atoms with Gasteiger partial charge >= 0.3 is 0 Å². The Kier molecular flexibility index (Phi) is 5.99. The minimum absolute atomic E-state index is 0.138. The van der Waals surface area contributed by atoms with E-state index in [1.807, 2.05) is 47.9 Å². The zero-order valence-electron chi connectivity index (χ0n) is 17.4. The summed E-state index contributed by atoms with van der Waals surface area (Å²) in [5.74, 6) is 2.96. The van der Waals surface area contributed by atoms with Crippen LogP contribution < -0.4 is 15.8 Å². The van der Waals surface area contributed by atoms with Crippen LogP contribution in [0, 0.1) is 13.8 Å². The third kappa shape index (κ3) is 4.75. The van der Waals surface area contributed by atoms with Gasteiger partial charge in [0.2, 0.25) is 11.9 Å². The molecule has 2 aromatic heterocycles. The van der Waals surface area contributed by atoms with E-state index in [-0.39, 0.29) is 5.95 Å². The fourth-order valence-electron chi connectivity index (χ4n) is 2.98. The number of methoxy groups -OCH3 is 1. The van der Waals surface area contributed by atoms with Crippen molar-refractivity contribution >= 4 is 29.3 Å². The molecular weight excluding hydrogens is 412 g/mol. The van der Waals surface area contributed by atoms with Crippen LogP contribution in [0.2, 0.25) is 0 Å². The van der Waals surface area contributed by atoms with Crippen molar-refractivity contribution in [3.8, 4) is 11.4 Å². The highest BCUT2D eigenvalue weighted by Crippen LogP contribution is 2.27. The van der Waals surface area contributed by atoms with Crippen molar-refractivity contribution in [2.75, 3.05) is 18.2 Å². The topological polar surface area (TPSA) is 117 Å². The summed E-state index contributed by atoms with van der Waals surface area (Å²) >= 11 is 1.48. The van der Waals surface area contributed by atoms with Crippen LogP contribution in [-0.2, 0) is 5.75 Å². The SMILES string of the molecule is COc1ccccc1Nc1nc(N)nc(CSc2nnc(C)n2-c2ccc(C)cc2)n1. The molecule has 4 aromatic rings. The van der Waals surface area contributed by atoms with Gasteiger partial charge in [-0.15, -0.1) is 10.2 Å². The third-order valence-corrected chi connectivity index (χ3v) is 5.40. The number of aromatic nitrogens is 6. The number of benzene rings is 2. The average molecular weight is 435 g/mol. The fraction of sp³-hybridized carbons (Fsp3) is 0.190. The normalized spacial score (nSPS) is 10.8. The van der Waals surface area contributed by atoms with E-state index < -0.39 is 0 Å². The van der Waals surface area contributed by atoms with E-state index in [4.69, 9.17) is 10.5 Å². The summed E-state index contributed by atoms with van der Waals surface area (Å²) in [6, 6.07) is 15.7. The summed E-state index contributed by atoms with van der Waals surface area (Å²) in [5, 5.41) is 12.4. The van der Waals surface area contributed by atoms with Gasteiger partial charge in [-0.2, -0.15) is 15.0 Å². The van der Waals surface area contributed by atoms with Crippen molar-refractivity contribution in [1.29, 1.82) is 0 Å². The van der Waals surface area contributed by atoms with Crippen LogP contribution >= 0.6 is 11.8 Å². The van der Waals surface area contributed by atoms with E-state index in [0.717, 1.165) is 22.4 Å². The Hall–Kier alpha value is -3.66. The highest BCUT2D eigenvalue weighted by molar-refractivity contribution is 7.98. The van der Waals surface area contributed by atoms with Crippen molar-refractivity contribution in [1.82, 2.24) is 29.7 Å². The summed E-state index contributed by atoms with van der Waals surface area (Å²) in [6.07, 6.45) is 0. The van der Waals surface area contributed by atoms with Crippen molar-refractivity contribution in [2.45, 2.75) is 24.8 Å². The Morgan fingerprint density at radius 2 is 1.77 bits per heavy atom. The second kappa shape index (κ2) is 9.00. The molecule has 0 aliphatic carbocycles. The number of rotatable bonds is 7. The van der Waals surface area contributed by atoms with Gasteiger partial charge in [0, 0.05) is 5.69 Å².